The van der Waals surface area contributed by atoms with E-state index in [4.69, 9.17) is 14.2 Å². The van der Waals surface area contributed by atoms with E-state index in [1.54, 1.807) is 7.11 Å². The molecule has 0 atom stereocenters. The third kappa shape index (κ3) is 3.63. The lowest BCUT2D eigenvalue weighted by molar-refractivity contribution is 0.289. The van der Waals surface area contributed by atoms with Crippen LogP contribution in [0.3, 0.4) is 0 Å². The van der Waals surface area contributed by atoms with Crippen LogP contribution in [-0.2, 0) is 12.8 Å². The molecule has 0 amide bonds. The molecule has 0 saturated carbocycles. The molecular formula is C17H20ClNO3. The Morgan fingerprint density at radius 3 is 2.45 bits per heavy atom. The predicted octanol–water partition coefficient (Wildman–Crippen LogP) is 3.46. The number of aromatic nitrogens is 1. The normalized spacial score (nSPS) is 13.0. The van der Waals surface area contributed by atoms with Gasteiger partial charge in [0.15, 0.2) is 11.5 Å². The standard InChI is InChI=1S/C17H19NO3.ClH/c1-19-15-6-5-14(4-3-13-7-9-18-10-8-13)16-17(15)21-12-2-11-20-16;/h5-10H,2-4,11-12H2,1H3;1H. The Kier molecular flexibility index (Phi) is 5.90. The molecule has 22 heavy (non-hydrogen) atoms. The summed E-state index contributed by atoms with van der Waals surface area (Å²) in [5.74, 6) is 2.31. The molecule has 1 aromatic carbocycles. The quantitative estimate of drug-likeness (QED) is 0.864. The molecule has 3 rings (SSSR count). The fourth-order valence-electron chi connectivity index (χ4n) is 2.47. The van der Waals surface area contributed by atoms with Crippen LogP contribution in [0.25, 0.3) is 0 Å². The monoisotopic (exact) mass is 321 g/mol. The fourth-order valence-corrected chi connectivity index (χ4v) is 2.47. The average Bonchev–Trinajstić information content (AvgIpc) is 2.79. The second kappa shape index (κ2) is 7.90. The number of benzene rings is 1. The minimum absolute atomic E-state index is 0. The van der Waals surface area contributed by atoms with Gasteiger partial charge >= 0.3 is 0 Å². The van der Waals surface area contributed by atoms with Gasteiger partial charge in [-0.1, -0.05) is 6.07 Å². The molecule has 5 heteroatoms. The van der Waals surface area contributed by atoms with Crippen molar-refractivity contribution in [2.75, 3.05) is 20.3 Å². The first-order valence-electron chi connectivity index (χ1n) is 7.23. The van der Waals surface area contributed by atoms with Gasteiger partial charge in [-0.15, -0.1) is 12.4 Å². The summed E-state index contributed by atoms with van der Waals surface area (Å²) in [6.45, 7) is 1.35. The van der Waals surface area contributed by atoms with Gasteiger partial charge in [0, 0.05) is 18.8 Å². The minimum atomic E-state index is 0. The molecule has 0 aliphatic carbocycles. The fraction of sp³-hybridized carbons (Fsp3) is 0.353. The van der Waals surface area contributed by atoms with Gasteiger partial charge in [0.25, 0.3) is 0 Å². The first-order chi connectivity index (χ1) is 10.4. The Morgan fingerprint density at radius 1 is 1.00 bits per heavy atom. The van der Waals surface area contributed by atoms with Gasteiger partial charge in [-0.25, -0.2) is 0 Å². The summed E-state index contributed by atoms with van der Waals surface area (Å²) in [7, 11) is 1.65. The van der Waals surface area contributed by atoms with Gasteiger partial charge in [0.05, 0.1) is 20.3 Å². The average molecular weight is 322 g/mol. The molecule has 0 N–H and O–H groups in total. The number of halogens is 1. The number of nitrogens with zero attached hydrogens (tertiary/aromatic N) is 1. The van der Waals surface area contributed by atoms with Gasteiger partial charge in [0.2, 0.25) is 5.75 Å². The summed E-state index contributed by atoms with van der Waals surface area (Å²) in [6, 6.07) is 8.10. The van der Waals surface area contributed by atoms with E-state index < -0.39 is 0 Å². The first kappa shape index (κ1) is 16.4. The number of fused-ring (bicyclic) bond motifs is 1. The zero-order valence-corrected chi connectivity index (χ0v) is 13.4. The van der Waals surface area contributed by atoms with Crippen LogP contribution in [0.2, 0.25) is 0 Å². The van der Waals surface area contributed by atoms with Crippen LogP contribution in [0.5, 0.6) is 17.2 Å². The van der Waals surface area contributed by atoms with Crippen molar-refractivity contribution >= 4 is 12.4 Å². The maximum Gasteiger partial charge on any atom is 0.203 e. The second-order valence-corrected chi connectivity index (χ2v) is 4.99. The smallest absolute Gasteiger partial charge is 0.203 e. The Labute approximate surface area is 136 Å². The molecule has 0 radical (unpaired) electrons. The van der Waals surface area contributed by atoms with Gasteiger partial charge in [-0.2, -0.15) is 0 Å². The van der Waals surface area contributed by atoms with Gasteiger partial charge < -0.3 is 14.2 Å². The molecule has 1 aliphatic rings. The molecule has 2 aromatic rings. The van der Waals surface area contributed by atoms with Crippen LogP contribution >= 0.6 is 12.4 Å². The Morgan fingerprint density at radius 2 is 1.73 bits per heavy atom. The zero-order chi connectivity index (χ0) is 14.5. The van der Waals surface area contributed by atoms with Crippen molar-refractivity contribution in [3.63, 3.8) is 0 Å². The van der Waals surface area contributed by atoms with Crippen molar-refractivity contribution in [3.8, 4) is 17.2 Å². The zero-order valence-electron chi connectivity index (χ0n) is 12.6. The van der Waals surface area contributed by atoms with Crippen molar-refractivity contribution in [2.24, 2.45) is 0 Å². The maximum absolute atomic E-state index is 5.89. The second-order valence-electron chi connectivity index (χ2n) is 4.99. The lowest BCUT2D eigenvalue weighted by atomic mass is 10.0. The number of hydrogen-bond donors (Lipinski definition) is 0. The van der Waals surface area contributed by atoms with Gasteiger partial charge in [0.1, 0.15) is 0 Å². The molecule has 0 bridgehead atoms. The largest absolute Gasteiger partial charge is 0.493 e. The highest BCUT2D eigenvalue weighted by molar-refractivity contribution is 5.85. The summed E-state index contributed by atoms with van der Waals surface area (Å²) in [6.07, 6.45) is 6.39. The van der Waals surface area contributed by atoms with Crippen molar-refractivity contribution in [3.05, 3.63) is 47.8 Å². The number of hydrogen-bond acceptors (Lipinski definition) is 4. The topological polar surface area (TPSA) is 40.6 Å². The third-order valence-electron chi connectivity index (χ3n) is 3.59. The van der Waals surface area contributed by atoms with Crippen LogP contribution in [0.4, 0.5) is 0 Å². The molecule has 2 heterocycles. The highest BCUT2D eigenvalue weighted by Gasteiger charge is 2.19. The van der Waals surface area contributed by atoms with Crippen molar-refractivity contribution in [1.29, 1.82) is 0 Å². The van der Waals surface area contributed by atoms with E-state index in [0.717, 1.165) is 42.1 Å². The van der Waals surface area contributed by atoms with E-state index >= 15 is 0 Å². The molecule has 1 aromatic heterocycles. The van der Waals surface area contributed by atoms with Crippen LogP contribution in [0.1, 0.15) is 17.5 Å². The minimum Gasteiger partial charge on any atom is -0.493 e. The summed E-state index contributed by atoms with van der Waals surface area (Å²) < 4.78 is 17.1. The molecule has 118 valence electrons. The molecule has 1 aliphatic heterocycles. The van der Waals surface area contributed by atoms with E-state index in [2.05, 4.69) is 11.1 Å². The number of methoxy groups -OCH3 is 1. The van der Waals surface area contributed by atoms with Gasteiger partial charge in [-0.3, -0.25) is 4.98 Å². The number of aryl methyl sites for hydroxylation is 2. The Bertz CT molecular complexity index is 604. The summed E-state index contributed by atoms with van der Waals surface area (Å²) in [5.41, 5.74) is 2.42. The SMILES string of the molecule is COc1ccc(CCc2ccncc2)c2c1OCCCO2.Cl. The number of pyridine rings is 1. The number of ether oxygens (including phenoxy) is 3. The lowest BCUT2D eigenvalue weighted by Crippen LogP contribution is -2.00. The van der Waals surface area contributed by atoms with Crippen molar-refractivity contribution < 1.29 is 14.2 Å². The molecule has 0 saturated heterocycles. The van der Waals surface area contributed by atoms with Crippen LogP contribution in [0.15, 0.2) is 36.7 Å². The summed E-state index contributed by atoms with van der Waals surface area (Å²) >= 11 is 0. The van der Waals surface area contributed by atoms with Gasteiger partial charge in [-0.05, 0) is 42.2 Å². The first-order valence-corrected chi connectivity index (χ1v) is 7.23. The van der Waals surface area contributed by atoms with E-state index in [1.807, 2.05) is 30.6 Å². The van der Waals surface area contributed by atoms with E-state index in [1.165, 1.54) is 5.56 Å². The van der Waals surface area contributed by atoms with E-state index in [-0.39, 0.29) is 12.4 Å². The van der Waals surface area contributed by atoms with Crippen molar-refractivity contribution in [2.45, 2.75) is 19.3 Å². The third-order valence-corrected chi connectivity index (χ3v) is 3.59. The highest BCUT2D eigenvalue weighted by Crippen LogP contribution is 2.41. The molecule has 0 fully saturated rings. The molecule has 0 spiro atoms. The Hall–Kier alpha value is -1.94. The summed E-state index contributed by atoms with van der Waals surface area (Å²) in [5, 5.41) is 0. The van der Waals surface area contributed by atoms with E-state index in [0.29, 0.717) is 13.2 Å². The lowest BCUT2D eigenvalue weighted by Gasteiger charge is -2.15. The molecule has 4 nitrogen and oxygen atoms in total. The number of rotatable bonds is 4. The van der Waals surface area contributed by atoms with E-state index in [9.17, 15) is 0 Å². The Balaban J connectivity index is 0.00000176. The van der Waals surface area contributed by atoms with Crippen molar-refractivity contribution in [1.82, 2.24) is 4.98 Å². The van der Waals surface area contributed by atoms with Crippen LogP contribution in [-0.4, -0.2) is 25.3 Å². The van der Waals surface area contributed by atoms with Crippen LogP contribution < -0.4 is 14.2 Å². The highest BCUT2D eigenvalue weighted by atomic mass is 35.5. The molecule has 0 unspecified atom stereocenters. The van der Waals surface area contributed by atoms with Crippen LogP contribution in [0, 0.1) is 0 Å². The maximum atomic E-state index is 5.89. The summed E-state index contributed by atoms with van der Waals surface area (Å²) in [4.78, 5) is 4.04. The predicted molar refractivity (Wildman–Crippen MR) is 87.5 cm³/mol. The molecular weight excluding hydrogens is 302 g/mol.